The molecule has 2 aliphatic rings. The number of thiophene rings is 1. The van der Waals surface area contributed by atoms with E-state index >= 15 is 0 Å². The number of fused-ring (bicyclic) bond motifs is 1. The van der Waals surface area contributed by atoms with Crippen molar-refractivity contribution in [2.75, 3.05) is 13.7 Å². The van der Waals surface area contributed by atoms with Crippen LogP contribution >= 0.6 is 11.3 Å². The van der Waals surface area contributed by atoms with Gasteiger partial charge in [0.15, 0.2) is 0 Å². The van der Waals surface area contributed by atoms with E-state index in [0.717, 1.165) is 4.88 Å². The smallest absolute Gasteiger partial charge is 0.355 e. The van der Waals surface area contributed by atoms with Crippen molar-refractivity contribution in [3.8, 4) is 0 Å². The number of carbonyl (C=O) groups excluding carboxylic acids is 3. The predicted molar refractivity (Wildman–Crippen MR) is 96.2 cm³/mol. The van der Waals surface area contributed by atoms with Crippen molar-refractivity contribution in [2.45, 2.75) is 25.5 Å². The minimum Gasteiger partial charge on any atom is -0.457 e. The highest BCUT2D eigenvalue weighted by Crippen LogP contribution is 2.48. The van der Waals surface area contributed by atoms with Gasteiger partial charge in [-0.25, -0.2) is 4.79 Å². The number of aliphatic hydroxyl groups is 1. The molecule has 1 aromatic heterocycles. The molecule has 0 saturated carbocycles. The largest absolute Gasteiger partial charge is 0.457 e. The summed E-state index contributed by atoms with van der Waals surface area (Å²) >= 11 is 1.33. The van der Waals surface area contributed by atoms with Gasteiger partial charge in [0, 0.05) is 22.9 Å². The van der Waals surface area contributed by atoms with Crippen molar-refractivity contribution < 1.29 is 24.2 Å². The normalized spacial score (nSPS) is 22.6. The minimum atomic E-state index is -0.793. The number of nitrogens with zero attached hydrogens (tertiary/aromatic N) is 1. The summed E-state index contributed by atoms with van der Waals surface area (Å²) in [4.78, 5) is 39.0. The molecule has 26 heavy (non-hydrogen) atoms. The fraction of sp³-hybridized carbons (Fsp3) is 0.389. The molecule has 1 aromatic rings. The summed E-state index contributed by atoms with van der Waals surface area (Å²) in [6, 6.07) is 1.43. The first-order valence-corrected chi connectivity index (χ1v) is 9.12. The van der Waals surface area contributed by atoms with Gasteiger partial charge in [-0.05, 0) is 19.4 Å². The minimum absolute atomic E-state index is 0.0378. The van der Waals surface area contributed by atoms with Crippen LogP contribution in [0.25, 0.3) is 5.57 Å². The summed E-state index contributed by atoms with van der Waals surface area (Å²) < 4.78 is 5.15. The van der Waals surface area contributed by atoms with E-state index in [1.54, 1.807) is 25.4 Å². The van der Waals surface area contributed by atoms with Crippen LogP contribution in [-0.4, -0.2) is 53.6 Å². The van der Waals surface area contributed by atoms with Crippen LogP contribution in [0.4, 0.5) is 0 Å². The highest BCUT2D eigenvalue weighted by molar-refractivity contribution is 7.11. The average Bonchev–Trinajstić information content (AvgIpc) is 3.21. The van der Waals surface area contributed by atoms with Gasteiger partial charge < -0.3 is 20.1 Å². The van der Waals surface area contributed by atoms with Crippen molar-refractivity contribution >= 4 is 34.7 Å². The summed E-state index contributed by atoms with van der Waals surface area (Å²) in [5.74, 6) is -1.64. The second-order valence-electron chi connectivity index (χ2n) is 6.24. The maximum absolute atomic E-state index is 12.5. The molecule has 3 atom stereocenters. The summed E-state index contributed by atoms with van der Waals surface area (Å²) in [5.41, 5.74) is 1.36. The zero-order valence-corrected chi connectivity index (χ0v) is 15.3. The molecule has 3 rings (SSSR count). The Morgan fingerprint density at radius 3 is 2.92 bits per heavy atom. The third-order valence-electron chi connectivity index (χ3n) is 4.64. The van der Waals surface area contributed by atoms with Crippen LogP contribution in [0.3, 0.4) is 0 Å². The van der Waals surface area contributed by atoms with E-state index in [1.807, 2.05) is 0 Å². The molecule has 2 amide bonds. The summed E-state index contributed by atoms with van der Waals surface area (Å²) in [6.07, 6.45) is 1.10. The van der Waals surface area contributed by atoms with E-state index in [1.165, 1.54) is 22.3 Å². The van der Waals surface area contributed by atoms with E-state index in [4.69, 9.17) is 4.74 Å². The maximum Gasteiger partial charge on any atom is 0.355 e. The summed E-state index contributed by atoms with van der Waals surface area (Å²) in [6.45, 7) is 5.13. The van der Waals surface area contributed by atoms with Gasteiger partial charge in [-0.1, -0.05) is 12.7 Å². The number of rotatable bonds is 6. The predicted octanol–water partition coefficient (Wildman–Crippen LogP) is 1.16. The molecule has 1 fully saturated rings. The molecule has 8 heteroatoms. The Morgan fingerprint density at radius 1 is 1.58 bits per heavy atom. The molecule has 1 saturated heterocycles. The van der Waals surface area contributed by atoms with Crippen LogP contribution in [0.2, 0.25) is 0 Å². The first kappa shape index (κ1) is 18.3. The van der Waals surface area contributed by atoms with E-state index < -0.39 is 18.0 Å². The molecular weight excluding hydrogens is 356 g/mol. The number of amides is 2. The zero-order valence-electron chi connectivity index (χ0n) is 14.5. The van der Waals surface area contributed by atoms with Gasteiger partial charge in [0.2, 0.25) is 5.91 Å². The summed E-state index contributed by atoms with van der Waals surface area (Å²) in [5, 5.41) is 14.1. The van der Waals surface area contributed by atoms with Crippen molar-refractivity contribution in [3.05, 3.63) is 40.2 Å². The van der Waals surface area contributed by atoms with Gasteiger partial charge in [0.1, 0.15) is 12.3 Å². The molecular formula is C18H20N2O5S. The third-order valence-corrected chi connectivity index (χ3v) is 5.63. The molecule has 0 radical (unpaired) electrons. The number of hydrogen-bond donors (Lipinski definition) is 2. The van der Waals surface area contributed by atoms with E-state index in [9.17, 15) is 19.5 Å². The number of nitrogens with one attached hydrogen (secondary N) is 1. The molecule has 2 N–H and O–H groups in total. The van der Waals surface area contributed by atoms with Gasteiger partial charge in [0.25, 0.3) is 5.91 Å². The van der Waals surface area contributed by atoms with Crippen LogP contribution in [0.1, 0.15) is 28.6 Å². The molecule has 0 spiro atoms. The SMILES string of the molecule is C=CCOC(=O)C1=C(c2cc(C(=O)NC)cs2)C[C@@H]2[C@@H]([C@@H](C)O)C(=O)N12. The molecule has 0 bridgehead atoms. The first-order chi connectivity index (χ1) is 12.4. The molecule has 138 valence electrons. The summed E-state index contributed by atoms with van der Waals surface area (Å²) in [7, 11) is 1.55. The van der Waals surface area contributed by atoms with Crippen LogP contribution in [0.15, 0.2) is 29.8 Å². The lowest BCUT2D eigenvalue weighted by atomic mass is 9.83. The molecule has 2 aliphatic heterocycles. The standard InChI is InChI=1S/C18H20N2O5S/c1-4-5-25-18(24)15-11(13-6-10(8-26-13)16(22)19-3)7-12-14(9(2)21)17(23)20(12)15/h4,6,8-9,12,14,21H,1,5,7H2,2-3H3,(H,19,22)/t9-,12-,14-/m1/s1. The lowest BCUT2D eigenvalue weighted by Gasteiger charge is -2.44. The van der Waals surface area contributed by atoms with Crippen molar-refractivity contribution in [1.29, 1.82) is 0 Å². The molecule has 0 unspecified atom stereocenters. The number of esters is 1. The third kappa shape index (κ3) is 2.85. The van der Waals surface area contributed by atoms with Gasteiger partial charge in [-0.3, -0.25) is 9.59 Å². The molecule has 0 aliphatic carbocycles. The number of ether oxygens (including phenoxy) is 1. The quantitative estimate of drug-likeness (QED) is 0.441. The fourth-order valence-corrected chi connectivity index (χ4v) is 4.39. The van der Waals surface area contributed by atoms with Crippen LogP contribution < -0.4 is 5.32 Å². The van der Waals surface area contributed by atoms with Gasteiger partial charge in [0.05, 0.1) is 23.6 Å². The van der Waals surface area contributed by atoms with Crippen molar-refractivity contribution in [2.24, 2.45) is 5.92 Å². The lowest BCUT2D eigenvalue weighted by Crippen LogP contribution is -2.61. The molecule has 3 heterocycles. The van der Waals surface area contributed by atoms with Crippen molar-refractivity contribution in [3.63, 3.8) is 0 Å². The fourth-order valence-electron chi connectivity index (χ4n) is 3.44. The second-order valence-corrected chi connectivity index (χ2v) is 7.15. The number of carbonyl (C=O) groups is 3. The number of hydrogen-bond acceptors (Lipinski definition) is 6. The monoisotopic (exact) mass is 376 g/mol. The Hall–Kier alpha value is -2.45. The lowest BCUT2D eigenvalue weighted by molar-refractivity contribution is -0.162. The highest BCUT2D eigenvalue weighted by atomic mass is 32.1. The van der Waals surface area contributed by atoms with E-state index in [2.05, 4.69) is 11.9 Å². The highest BCUT2D eigenvalue weighted by Gasteiger charge is 2.57. The van der Waals surface area contributed by atoms with Gasteiger partial charge in [-0.15, -0.1) is 11.3 Å². The Balaban J connectivity index is 1.98. The zero-order chi connectivity index (χ0) is 19.0. The van der Waals surface area contributed by atoms with E-state index in [-0.39, 0.29) is 30.2 Å². The van der Waals surface area contributed by atoms with Crippen LogP contribution in [0.5, 0.6) is 0 Å². The van der Waals surface area contributed by atoms with E-state index in [0.29, 0.717) is 17.6 Å². The van der Waals surface area contributed by atoms with Crippen LogP contribution in [-0.2, 0) is 14.3 Å². The Labute approximate surface area is 154 Å². The van der Waals surface area contributed by atoms with Gasteiger partial charge >= 0.3 is 5.97 Å². The van der Waals surface area contributed by atoms with Crippen molar-refractivity contribution in [1.82, 2.24) is 10.2 Å². The molecule has 7 nitrogen and oxygen atoms in total. The topological polar surface area (TPSA) is 95.9 Å². The first-order valence-electron chi connectivity index (χ1n) is 8.24. The number of β-lactam (4-membered cyclic amide) rings is 1. The number of aliphatic hydroxyl groups excluding tert-OH is 1. The average molecular weight is 376 g/mol. The maximum atomic E-state index is 12.5. The molecule has 0 aromatic carbocycles. The van der Waals surface area contributed by atoms with Gasteiger partial charge in [-0.2, -0.15) is 0 Å². The Kier molecular flexibility index (Phi) is 4.97. The Bertz CT molecular complexity index is 810. The second kappa shape index (κ2) is 7.05. The Morgan fingerprint density at radius 2 is 2.31 bits per heavy atom. The van der Waals surface area contributed by atoms with Crippen LogP contribution in [0, 0.1) is 5.92 Å².